The van der Waals surface area contributed by atoms with E-state index in [0.717, 1.165) is 12.1 Å². The number of rotatable bonds is 7. The summed E-state index contributed by atoms with van der Waals surface area (Å²) in [6.45, 7) is 2.26. The molecule has 2 aliphatic rings. The highest BCUT2D eigenvalue weighted by Gasteiger charge is 2.30. The molecular weight excluding hydrogens is 373 g/mol. The van der Waals surface area contributed by atoms with E-state index >= 15 is 0 Å². The van der Waals surface area contributed by atoms with Crippen LogP contribution in [0.3, 0.4) is 0 Å². The minimum atomic E-state index is -0.290. The van der Waals surface area contributed by atoms with Crippen molar-refractivity contribution < 1.29 is 14.0 Å². The number of aromatic nitrogens is 3. The Bertz CT molecular complexity index is 860. The maximum absolute atomic E-state index is 13.0. The second kappa shape index (κ2) is 8.71. The normalized spacial score (nSPS) is 19.8. The molecule has 2 aromatic rings. The summed E-state index contributed by atoms with van der Waals surface area (Å²) in [5.41, 5.74) is 1.21. The molecule has 0 spiro atoms. The maximum Gasteiger partial charge on any atom is 0.273 e. The Morgan fingerprint density at radius 3 is 2.69 bits per heavy atom. The topological polar surface area (TPSA) is 80.1 Å². The van der Waals surface area contributed by atoms with Gasteiger partial charge in [0.25, 0.3) is 5.91 Å². The summed E-state index contributed by atoms with van der Waals surface area (Å²) in [6.07, 6.45) is 7.07. The van der Waals surface area contributed by atoms with Crippen LogP contribution < -0.4 is 5.32 Å². The Morgan fingerprint density at radius 1 is 1.17 bits per heavy atom. The average Bonchev–Trinajstić information content (AvgIpc) is 3.45. The van der Waals surface area contributed by atoms with Crippen LogP contribution in [0.15, 0.2) is 30.5 Å². The Balaban J connectivity index is 1.24. The number of amides is 2. The lowest BCUT2D eigenvalue weighted by Gasteiger charge is -2.17. The second-order valence-corrected chi connectivity index (χ2v) is 8.16. The van der Waals surface area contributed by atoms with Gasteiger partial charge in [-0.25, -0.2) is 4.39 Å². The van der Waals surface area contributed by atoms with Crippen molar-refractivity contribution in [3.05, 3.63) is 47.5 Å². The van der Waals surface area contributed by atoms with Gasteiger partial charge in [0, 0.05) is 38.5 Å². The zero-order chi connectivity index (χ0) is 20.2. The molecule has 1 unspecified atom stereocenters. The molecule has 1 saturated heterocycles. The van der Waals surface area contributed by atoms with E-state index in [0.29, 0.717) is 37.7 Å². The van der Waals surface area contributed by atoms with Crippen LogP contribution in [0, 0.1) is 17.7 Å². The lowest BCUT2D eigenvalue weighted by molar-refractivity contribution is -0.128. The molecule has 0 bridgehead atoms. The quantitative estimate of drug-likeness (QED) is 0.775. The third-order valence-corrected chi connectivity index (χ3v) is 5.82. The van der Waals surface area contributed by atoms with Crippen LogP contribution in [-0.4, -0.2) is 44.8 Å². The van der Waals surface area contributed by atoms with E-state index in [1.165, 1.54) is 37.8 Å². The molecular formula is C21H26FN5O2. The van der Waals surface area contributed by atoms with E-state index in [-0.39, 0.29) is 23.5 Å². The van der Waals surface area contributed by atoms with Gasteiger partial charge in [0.1, 0.15) is 5.82 Å². The summed E-state index contributed by atoms with van der Waals surface area (Å²) in [5, 5.41) is 10.9. The van der Waals surface area contributed by atoms with Gasteiger partial charge in [-0.15, -0.1) is 5.10 Å². The summed E-state index contributed by atoms with van der Waals surface area (Å²) < 4.78 is 14.8. The van der Waals surface area contributed by atoms with Crippen LogP contribution in [-0.2, 0) is 17.9 Å². The monoisotopic (exact) mass is 399 g/mol. The fraction of sp³-hybridized carbons (Fsp3) is 0.524. The molecule has 2 fully saturated rings. The molecule has 2 heterocycles. The van der Waals surface area contributed by atoms with Gasteiger partial charge >= 0.3 is 0 Å². The molecule has 1 aromatic heterocycles. The number of nitrogens with one attached hydrogen (secondary N) is 1. The predicted molar refractivity (Wildman–Crippen MR) is 104 cm³/mol. The fourth-order valence-electron chi connectivity index (χ4n) is 4.23. The zero-order valence-corrected chi connectivity index (χ0v) is 16.4. The van der Waals surface area contributed by atoms with Gasteiger partial charge in [-0.3, -0.25) is 14.3 Å². The minimum Gasteiger partial charge on any atom is -0.350 e. The van der Waals surface area contributed by atoms with E-state index in [4.69, 9.17) is 0 Å². The van der Waals surface area contributed by atoms with Gasteiger partial charge in [0.05, 0.1) is 6.20 Å². The summed E-state index contributed by atoms with van der Waals surface area (Å²) in [6, 6.07) is 6.17. The average molecular weight is 399 g/mol. The van der Waals surface area contributed by atoms with E-state index in [9.17, 15) is 14.0 Å². The lowest BCUT2D eigenvalue weighted by Crippen LogP contribution is -2.31. The lowest BCUT2D eigenvalue weighted by atomic mass is 10.1. The third-order valence-electron chi connectivity index (χ3n) is 5.82. The zero-order valence-electron chi connectivity index (χ0n) is 16.4. The smallest absolute Gasteiger partial charge is 0.273 e. The maximum atomic E-state index is 13.0. The standard InChI is InChI=1S/C21H26FN5O2/c22-18-7-5-16(6-8-18)11-26-12-17(9-20(26)28)10-23-21(29)19-14-27(25-24-19)13-15-3-1-2-4-15/h5-8,14-15,17H,1-4,9-13H2,(H,23,29). The summed E-state index contributed by atoms with van der Waals surface area (Å²) in [7, 11) is 0. The molecule has 154 valence electrons. The van der Waals surface area contributed by atoms with Gasteiger partial charge in [0.15, 0.2) is 5.69 Å². The first kappa shape index (κ1) is 19.5. The number of nitrogens with zero attached hydrogens (tertiary/aromatic N) is 4. The van der Waals surface area contributed by atoms with Crippen LogP contribution in [0.5, 0.6) is 0 Å². The van der Waals surface area contributed by atoms with Crippen molar-refractivity contribution in [3.63, 3.8) is 0 Å². The molecule has 2 amide bonds. The Labute approximate surface area is 169 Å². The highest BCUT2D eigenvalue weighted by atomic mass is 19.1. The second-order valence-electron chi connectivity index (χ2n) is 8.16. The molecule has 0 radical (unpaired) electrons. The van der Waals surface area contributed by atoms with Crippen LogP contribution >= 0.6 is 0 Å². The highest BCUT2D eigenvalue weighted by molar-refractivity contribution is 5.91. The van der Waals surface area contributed by atoms with Crippen LogP contribution in [0.25, 0.3) is 0 Å². The first-order valence-electron chi connectivity index (χ1n) is 10.3. The minimum absolute atomic E-state index is 0.0519. The van der Waals surface area contributed by atoms with E-state index in [1.54, 1.807) is 27.9 Å². The van der Waals surface area contributed by atoms with Crippen molar-refractivity contribution in [2.24, 2.45) is 11.8 Å². The van der Waals surface area contributed by atoms with Crippen molar-refractivity contribution in [1.29, 1.82) is 0 Å². The predicted octanol–water partition coefficient (Wildman–Crippen LogP) is 2.39. The van der Waals surface area contributed by atoms with Crippen LogP contribution in [0.4, 0.5) is 4.39 Å². The van der Waals surface area contributed by atoms with Gasteiger partial charge in [-0.2, -0.15) is 0 Å². The molecule has 4 rings (SSSR count). The molecule has 1 aliphatic heterocycles. The summed E-state index contributed by atoms with van der Waals surface area (Å²) in [5.74, 6) is 0.190. The Hall–Kier alpha value is -2.77. The van der Waals surface area contributed by atoms with Crippen molar-refractivity contribution in [2.45, 2.75) is 45.2 Å². The Morgan fingerprint density at radius 2 is 1.93 bits per heavy atom. The summed E-state index contributed by atoms with van der Waals surface area (Å²) >= 11 is 0. The third kappa shape index (κ3) is 4.99. The van der Waals surface area contributed by atoms with Gasteiger partial charge in [-0.1, -0.05) is 30.2 Å². The van der Waals surface area contributed by atoms with E-state index in [1.807, 2.05) is 0 Å². The van der Waals surface area contributed by atoms with Crippen molar-refractivity contribution in [1.82, 2.24) is 25.2 Å². The molecule has 1 aliphatic carbocycles. The van der Waals surface area contributed by atoms with Crippen LogP contribution in [0.1, 0.15) is 48.2 Å². The fourth-order valence-corrected chi connectivity index (χ4v) is 4.23. The summed E-state index contributed by atoms with van der Waals surface area (Å²) in [4.78, 5) is 26.4. The van der Waals surface area contributed by atoms with Gasteiger partial charge in [0.2, 0.25) is 5.91 Å². The van der Waals surface area contributed by atoms with Crippen molar-refractivity contribution in [3.8, 4) is 0 Å². The van der Waals surface area contributed by atoms with Crippen molar-refractivity contribution >= 4 is 11.8 Å². The Kier molecular flexibility index (Phi) is 5.87. The largest absolute Gasteiger partial charge is 0.350 e. The number of likely N-dealkylation sites (tertiary alicyclic amines) is 1. The number of halogens is 1. The highest BCUT2D eigenvalue weighted by Crippen LogP contribution is 2.25. The number of carbonyl (C=O) groups excluding carboxylic acids is 2. The van der Waals surface area contributed by atoms with E-state index < -0.39 is 0 Å². The molecule has 1 saturated carbocycles. The van der Waals surface area contributed by atoms with Gasteiger partial charge < -0.3 is 10.2 Å². The van der Waals surface area contributed by atoms with Gasteiger partial charge in [-0.05, 0) is 36.5 Å². The first-order valence-corrected chi connectivity index (χ1v) is 10.3. The molecule has 7 nitrogen and oxygen atoms in total. The first-order chi connectivity index (χ1) is 14.1. The number of hydrogen-bond acceptors (Lipinski definition) is 4. The SMILES string of the molecule is O=C(NCC1CC(=O)N(Cc2ccc(F)cc2)C1)c1cn(CC2CCCC2)nn1. The van der Waals surface area contributed by atoms with E-state index in [2.05, 4.69) is 15.6 Å². The van der Waals surface area contributed by atoms with Crippen LogP contribution in [0.2, 0.25) is 0 Å². The molecule has 8 heteroatoms. The molecule has 1 N–H and O–H groups in total. The number of benzene rings is 1. The molecule has 1 aromatic carbocycles. The molecule has 1 atom stereocenters. The number of hydrogen-bond donors (Lipinski definition) is 1. The van der Waals surface area contributed by atoms with Crippen molar-refractivity contribution in [2.75, 3.05) is 13.1 Å². The molecule has 29 heavy (non-hydrogen) atoms. The number of carbonyl (C=O) groups is 2.